The molecule has 0 saturated carbocycles. The molecule has 0 rings (SSSR count). The number of amides is 3. The van der Waals surface area contributed by atoms with Gasteiger partial charge < -0.3 is 37.0 Å². The van der Waals surface area contributed by atoms with E-state index in [1.807, 2.05) is 5.32 Å². The van der Waals surface area contributed by atoms with E-state index in [9.17, 15) is 28.8 Å². The number of hydrogen-bond donors (Lipinski definition) is 7. The summed E-state index contributed by atoms with van der Waals surface area (Å²) in [5, 5.41) is 33.4. The number of nitrogens with two attached hydrogens (primary N) is 1. The van der Waals surface area contributed by atoms with Gasteiger partial charge in [0.25, 0.3) is 0 Å². The summed E-state index contributed by atoms with van der Waals surface area (Å²) in [5.74, 6) is -7.31. The van der Waals surface area contributed by atoms with Gasteiger partial charge in [0, 0.05) is 6.42 Å². The predicted molar refractivity (Wildman–Crippen MR) is 101 cm³/mol. The van der Waals surface area contributed by atoms with E-state index < -0.39 is 85.0 Å². The highest BCUT2D eigenvalue weighted by Crippen LogP contribution is 2.06. The maximum atomic E-state index is 12.5. The van der Waals surface area contributed by atoms with Crippen molar-refractivity contribution >= 4 is 35.6 Å². The zero-order chi connectivity index (χ0) is 23.6. The molecule has 13 nitrogen and oxygen atoms in total. The van der Waals surface area contributed by atoms with Crippen LogP contribution in [-0.4, -0.2) is 75.1 Å². The molecule has 13 heteroatoms. The minimum absolute atomic E-state index is 0.441. The van der Waals surface area contributed by atoms with Crippen LogP contribution in [0.4, 0.5) is 0 Å². The molecule has 0 fully saturated rings. The molecule has 0 bridgehead atoms. The highest BCUT2D eigenvalue weighted by atomic mass is 16.4. The minimum Gasteiger partial charge on any atom is -0.481 e. The van der Waals surface area contributed by atoms with E-state index in [0.29, 0.717) is 0 Å². The molecule has 8 N–H and O–H groups in total. The number of carbonyl (C=O) groups excluding carboxylic acids is 3. The van der Waals surface area contributed by atoms with Gasteiger partial charge in [0.1, 0.15) is 18.1 Å². The topological polar surface area (TPSA) is 225 Å². The van der Waals surface area contributed by atoms with E-state index >= 15 is 0 Å². The van der Waals surface area contributed by atoms with Gasteiger partial charge in [-0.25, -0.2) is 4.79 Å². The molecule has 0 aromatic heterocycles. The lowest BCUT2D eigenvalue weighted by atomic mass is 10.0. The maximum Gasteiger partial charge on any atom is 0.326 e. The molecule has 30 heavy (non-hydrogen) atoms. The third-order valence-corrected chi connectivity index (χ3v) is 3.93. The molecular weight excluding hydrogens is 404 g/mol. The highest BCUT2D eigenvalue weighted by Gasteiger charge is 2.32. The first-order chi connectivity index (χ1) is 13.8. The molecule has 0 spiro atoms. The number of carboxylic acids is 3. The van der Waals surface area contributed by atoms with Crippen LogP contribution in [0.15, 0.2) is 0 Å². The van der Waals surface area contributed by atoms with Crippen molar-refractivity contribution in [3.63, 3.8) is 0 Å². The Labute approximate surface area is 172 Å². The second-order valence-corrected chi connectivity index (χ2v) is 7.01. The molecule has 0 aliphatic carbocycles. The molecule has 0 aliphatic rings. The van der Waals surface area contributed by atoms with Crippen LogP contribution < -0.4 is 21.7 Å². The lowest BCUT2D eigenvalue weighted by molar-refractivity contribution is -0.144. The number of nitrogens with one attached hydrogen (secondary N) is 3. The van der Waals surface area contributed by atoms with Gasteiger partial charge in [-0.2, -0.15) is 0 Å². The fourth-order valence-corrected chi connectivity index (χ4v) is 2.26. The largest absolute Gasteiger partial charge is 0.481 e. The Morgan fingerprint density at radius 1 is 0.767 bits per heavy atom. The van der Waals surface area contributed by atoms with Crippen molar-refractivity contribution < 1.29 is 44.1 Å². The van der Waals surface area contributed by atoms with Gasteiger partial charge in [-0.3, -0.25) is 24.0 Å². The summed E-state index contributed by atoms with van der Waals surface area (Å²) in [5.41, 5.74) is 5.45. The summed E-state index contributed by atoms with van der Waals surface area (Å²) in [6.45, 7) is 4.60. The van der Waals surface area contributed by atoms with Gasteiger partial charge in [-0.05, 0) is 19.3 Å². The maximum absolute atomic E-state index is 12.5. The summed E-state index contributed by atoms with van der Waals surface area (Å²) in [6.07, 6.45) is -1.86. The van der Waals surface area contributed by atoms with Crippen molar-refractivity contribution in [1.82, 2.24) is 16.0 Å². The van der Waals surface area contributed by atoms with Gasteiger partial charge in [0.05, 0.1) is 12.5 Å². The molecule has 0 aromatic carbocycles. The minimum atomic E-state index is -1.66. The Morgan fingerprint density at radius 3 is 1.70 bits per heavy atom. The number of carbonyl (C=O) groups is 6. The van der Waals surface area contributed by atoms with Gasteiger partial charge in [-0.1, -0.05) is 13.8 Å². The van der Waals surface area contributed by atoms with Crippen LogP contribution in [0.5, 0.6) is 0 Å². The van der Waals surface area contributed by atoms with E-state index in [2.05, 4.69) is 10.6 Å². The summed E-state index contributed by atoms with van der Waals surface area (Å²) in [4.78, 5) is 69.7. The number of carboxylic acid groups (broad SMARTS) is 3. The molecule has 0 radical (unpaired) electrons. The van der Waals surface area contributed by atoms with Crippen LogP contribution in [0.1, 0.15) is 40.0 Å². The Bertz CT molecular complexity index is 678. The lowest BCUT2D eigenvalue weighted by Crippen LogP contribution is -2.58. The first-order valence-electron chi connectivity index (χ1n) is 9.09. The molecule has 4 atom stereocenters. The van der Waals surface area contributed by atoms with Crippen molar-refractivity contribution in [3.05, 3.63) is 0 Å². The van der Waals surface area contributed by atoms with Crippen molar-refractivity contribution in [2.75, 3.05) is 0 Å². The summed E-state index contributed by atoms with van der Waals surface area (Å²) >= 11 is 0. The Kier molecular flexibility index (Phi) is 11.0. The van der Waals surface area contributed by atoms with Crippen molar-refractivity contribution in [2.45, 2.75) is 64.2 Å². The Balaban J connectivity index is 5.40. The third kappa shape index (κ3) is 9.82. The molecule has 170 valence electrons. The van der Waals surface area contributed by atoms with Gasteiger partial charge in [0.15, 0.2) is 0 Å². The van der Waals surface area contributed by atoms with E-state index in [1.165, 1.54) is 6.92 Å². The average molecular weight is 432 g/mol. The SMILES string of the molecule is CC(N)C(=O)NC(C(=O)NC(CC(=O)O)C(=O)NC(CCC(=O)O)C(=O)O)C(C)C. The molecule has 4 unspecified atom stereocenters. The fourth-order valence-electron chi connectivity index (χ4n) is 2.26. The summed E-state index contributed by atoms with van der Waals surface area (Å²) in [6, 6.07) is -5.30. The standard InChI is InChI=1S/C17H28N4O9/c1-7(2)13(21-14(26)8(3)18)16(28)20-10(6-12(24)25)15(27)19-9(17(29)30)4-5-11(22)23/h7-10,13H,4-6,18H2,1-3H3,(H,19,27)(H,20,28)(H,21,26)(H,22,23)(H,24,25)(H,29,30). The predicted octanol–water partition coefficient (Wildman–Crippen LogP) is -2.13. The number of rotatable bonds is 13. The van der Waals surface area contributed by atoms with E-state index in [1.54, 1.807) is 13.8 Å². The highest BCUT2D eigenvalue weighted by molar-refractivity contribution is 5.95. The normalized spacial score (nSPS) is 14.7. The second-order valence-electron chi connectivity index (χ2n) is 7.01. The summed E-state index contributed by atoms with van der Waals surface area (Å²) in [7, 11) is 0. The van der Waals surface area contributed by atoms with Crippen LogP contribution >= 0.6 is 0 Å². The first kappa shape index (κ1) is 26.8. The van der Waals surface area contributed by atoms with Gasteiger partial charge in [0.2, 0.25) is 17.7 Å². The molecular formula is C17H28N4O9. The zero-order valence-electron chi connectivity index (χ0n) is 16.9. The molecule has 0 saturated heterocycles. The molecule has 0 aliphatic heterocycles. The third-order valence-electron chi connectivity index (χ3n) is 3.93. The number of aliphatic carboxylic acids is 3. The second kappa shape index (κ2) is 12.4. The van der Waals surface area contributed by atoms with Crippen LogP contribution in [0.25, 0.3) is 0 Å². The average Bonchev–Trinajstić information content (AvgIpc) is 2.60. The molecule has 3 amide bonds. The Hall–Kier alpha value is -3.22. The van der Waals surface area contributed by atoms with E-state index in [-0.39, 0.29) is 0 Å². The monoisotopic (exact) mass is 432 g/mol. The van der Waals surface area contributed by atoms with Crippen molar-refractivity contribution in [1.29, 1.82) is 0 Å². The Morgan fingerprint density at radius 2 is 1.30 bits per heavy atom. The molecule has 0 heterocycles. The van der Waals surface area contributed by atoms with Crippen LogP contribution in [0.2, 0.25) is 0 Å². The van der Waals surface area contributed by atoms with Crippen molar-refractivity contribution in [3.8, 4) is 0 Å². The first-order valence-corrected chi connectivity index (χ1v) is 9.09. The fraction of sp³-hybridized carbons (Fsp3) is 0.647. The van der Waals surface area contributed by atoms with Gasteiger partial charge in [-0.15, -0.1) is 0 Å². The molecule has 0 aromatic rings. The quantitative estimate of drug-likeness (QED) is 0.167. The van der Waals surface area contributed by atoms with Gasteiger partial charge >= 0.3 is 17.9 Å². The van der Waals surface area contributed by atoms with Crippen LogP contribution in [0, 0.1) is 5.92 Å². The van der Waals surface area contributed by atoms with Crippen LogP contribution in [-0.2, 0) is 28.8 Å². The van der Waals surface area contributed by atoms with E-state index in [4.69, 9.17) is 21.1 Å². The lowest BCUT2D eigenvalue weighted by Gasteiger charge is -2.26. The van der Waals surface area contributed by atoms with E-state index in [0.717, 1.165) is 0 Å². The number of hydrogen-bond acceptors (Lipinski definition) is 7. The zero-order valence-corrected chi connectivity index (χ0v) is 16.9. The summed E-state index contributed by atoms with van der Waals surface area (Å²) < 4.78 is 0. The van der Waals surface area contributed by atoms with Crippen LogP contribution in [0.3, 0.4) is 0 Å². The van der Waals surface area contributed by atoms with Crippen molar-refractivity contribution in [2.24, 2.45) is 11.7 Å². The smallest absolute Gasteiger partial charge is 0.326 e.